The number of carbonyl (C=O) groups is 1. The van der Waals surface area contributed by atoms with Gasteiger partial charge in [-0.3, -0.25) is 4.79 Å². The predicted octanol–water partition coefficient (Wildman–Crippen LogP) is 1.84. The lowest BCUT2D eigenvalue weighted by Gasteiger charge is -2.32. The summed E-state index contributed by atoms with van der Waals surface area (Å²) in [5.41, 5.74) is 8.40. The first-order valence-electron chi connectivity index (χ1n) is 6.69. The third-order valence-electron chi connectivity index (χ3n) is 3.63. The zero-order valence-electron chi connectivity index (χ0n) is 11.8. The van der Waals surface area contributed by atoms with Crippen LogP contribution in [0.2, 0.25) is 0 Å². The van der Waals surface area contributed by atoms with E-state index >= 15 is 0 Å². The Kier molecular flexibility index (Phi) is 4.22. The quantitative estimate of drug-likeness (QED) is 0.901. The molecule has 104 valence electrons. The van der Waals surface area contributed by atoms with Crippen LogP contribution >= 0.6 is 0 Å². The molecule has 2 atom stereocenters. The van der Waals surface area contributed by atoms with Crippen molar-refractivity contribution in [3.8, 4) is 0 Å². The Balaban J connectivity index is 2.41. The standard InChI is InChI=1S/C15H22N2O2/c1-10(2)17-14(18)8-13(16)15(17)12-7-5-4-6-11(12)9-19-3/h4-7,10,13,15H,8-9,16H2,1-3H3. The monoisotopic (exact) mass is 262 g/mol. The third kappa shape index (κ3) is 2.65. The summed E-state index contributed by atoms with van der Waals surface area (Å²) in [5.74, 6) is 0.139. The number of likely N-dealkylation sites (tertiary alicyclic amines) is 1. The highest BCUT2D eigenvalue weighted by molar-refractivity contribution is 5.80. The molecule has 2 unspecified atom stereocenters. The molecule has 1 aromatic carbocycles. The lowest BCUT2D eigenvalue weighted by molar-refractivity contribution is -0.130. The molecule has 2 rings (SSSR count). The highest BCUT2D eigenvalue weighted by atomic mass is 16.5. The zero-order chi connectivity index (χ0) is 14.0. The Morgan fingerprint density at radius 3 is 2.74 bits per heavy atom. The van der Waals surface area contributed by atoms with Gasteiger partial charge in [0.15, 0.2) is 0 Å². The van der Waals surface area contributed by atoms with Crippen LogP contribution in [0.15, 0.2) is 24.3 Å². The molecule has 0 aliphatic carbocycles. The normalized spacial score (nSPS) is 23.4. The summed E-state index contributed by atoms with van der Waals surface area (Å²) in [5, 5.41) is 0. The van der Waals surface area contributed by atoms with Crippen molar-refractivity contribution in [2.45, 2.75) is 45.0 Å². The van der Waals surface area contributed by atoms with E-state index in [1.54, 1.807) is 7.11 Å². The smallest absolute Gasteiger partial charge is 0.225 e. The van der Waals surface area contributed by atoms with E-state index in [9.17, 15) is 4.79 Å². The van der Waals surface area contributed by atoms with Crippen LogP contribution in [0, 0.1) is 0 Å². The van der Waals surface area contributed by atoms with Gasteiger partial charge < -0.3 is 15.4 Å². The minimum absolute atomic E-state index is 0.0427. The van der Waals surface area contributed by atoms with Gasteiger partial charge >= 0.3 is 0 Å². The minimum Gasteiger partial charge on any atom is -0.380 e. The second-order valence-corrected chi connectivity index (χ2v) is 5.34. The SMILES string of the molecule is COCc1ccccc1C1C(N)CC(=O)N1C(C)C. The van der Waals surface area contributed by atoms with Crippen LogP contribution in [0.4, 0.5) is 0 Å². The van der Waals surface area contributed by atoms with Crippen molar-refractivity contribution in [2.75, 3.05) is 7.11 Å². The fourth-order valence-corrected chi connectivity index (χ4v) is 2.88. The maximum atomic E-state index is 12.1. The minimum atomic E-state index is -0.145. The molecule has 1 aliphatic rings. The van der Waals surface area contributed by atoms with Gasteiger partial charge in [0.05, 0.1) is 12.6 Å². The lowest BCUT2D eigenvalue weighted by Crippen LogP contribution is -2.38. The number of amides is 1. The van der Waals surface area contributed by atoms with Crippen molar-refractivity contribution in [2.24, 2.45) is 5.73 Å². The molecule has 4 heteroatoms. The summed E-state index contributed by atoms with van der Waals surface area (Å²) in [4.78, 5) is 14.0. The summed E-state index contributed by atoms with van der Waals surface area (Å²) < 4.78 is 5.24. The molecule has 0 bridgehead atoms. The van der Waals surface area contributed by atoms with Crippen LogP contribution in [0.3, 0.4) is 0 Å². The summed E-state index contributed by atoms with van der Waals surface area (Å²) in [6.07, 6.45) is 0.421. The van der Waals surface area contributed by atoms with Crippen molar-refractivity contribution in [1.29, 1.82) is 0 Å². The average Bonchev–Trinajstić information content (AvgIpc) is 2.65. The van der Waals surface area contributed by atoms with Gasteiger partial charge in [-0.15, -0.1) is 0 Å². The number of ether oxygens (including phenoxy) is 1. The predicted molar refractivity (Wildman–Crippen MR) is 74.5 cm³/mol. The topological polar surface area (TPSA) is 55.6 Å². The van der Waals surface area contributed by atoms with E-state index in [0.717, 1.165) is 11.1 Å². The number of hydrogen-bond acceptors (Lipinski definition) is 3. The van der Waals surface area contributed by atoms with Crippen LogP contribution in [0.5, 0.6) is 0 Å². The Hall–Kier alpha value is -1.39. The van der Waals surface area contributed by atoms with Gasteiger partial charge in [0.25, 0.3) is 0 Å². The van der Waals surface area contributed by atoms with Crippen molar-refractivity contribution in [3.63, 3.8) is 0 Å². The lowest BCUT2D eigenvalue weighted by atomic mass is 9.95. The first-order valence-corrected chi connectivity index (χ1v) is 6.69. The van der Waals surface area contributed by atoms with E-state index in [0.29, 0.717) is 13.0 Å². The first-order chi connectivity index (χ1) is 9.06. The molecule has 4 nitrogen and oxygen atoms in total. The van der Waals surface area contributed by atoms with E-state index in [1.807, 2.05) is 43.0 Å². The molecule has 1 aromatic rings. The average molecular weight is 262 g/mol. The molecule has 2 N–H and O–H groups in total. The van der Waals surface area contributed by atoms with Crippen LogP contribution in [-0.2, 0) is 16.1 Å². The fourth-order valence-electron chi connectivity index (χ4n) is 2.88. The van der Waals surface area contributed by atoms with Gasteiger partial charge in [0, 0.05) is 25.6 Å². The summed E-state index contributed by atoms with van der Waals surface area (Å²) in [6, 6.07) is 8.02. The molecule has 1 aliphatic heterocycles. The second-order valence-electron chi connectivity index (χ2n) is 5.34. The van der Waals surface area contributed by atoms with Gasteiger partial charge in [0.1, 0.15) is 0 Å². The van der Waals surface area contributed by atoms with Crippen LogP contribution < -0.4 is 5.73 Å². The third-order valence-corrected chi connectivity index (χ3v) is 3.63. The number of nitrogens with two attached hydrogens (primary N) is 1. The van der Waals surface area contributed by atoms with E-state index in [1.165, 1.54) is 0 Å². The van der Waals surface area contributed by atoms with Crippen molar-refractivity contribution >= 4 is 5.91 Å². The molecule has 0 saturated carbocycles. The maximum absolute atomic E-state index is 12.1. The number of methoxy groups -OCH3 is 1. The van der Waals surface area contributed by atoms with Crippen LogP contribution in [0.25, 0.3) is 0 Å². The maximum Gasteiger partial charge on any atom is 0.225 e. The summed E-state index contributed by atoms with van der Waals surface area (Å²) in [7, 11) is 1.68. The summed E-state index contributed by atoms with van der Waals surface area (Å²) in [6.45, 7) is 4.60. The van der Waals surface area contributed by atoms with Gasteiger partial charge in [-0.05, 0) is 25.0 Å². The molecule has 19 heavy (non-hydrogen) atoms. The zero-order valence-corrected chi connectivity index (χ0v) is 11.8. The molecular formula is C15H22N2O2. The highest BCUT2D eigenvalue weighted by Crippen LogP contribution is 2.35. The Morgan fingerprint density at radius 2 is 2.11 bits per heavy atom. The van der Waals surface area contributed by atoms with E-state index in [4.69, 9.17) is 10.5 Å². The Labute approximate surface area is 114 Å². The van der Waals surface area contributed by atoms with Crippen molar-refractivity contribution in [1.82, 2.24) is 4.90 Å². The van der Waals surface area contributed by atoms with E-state index in [2.05, 4.69) is 0 Å². The fraction of sp³-hybridized carbons (Fsp3) is 0.533. The van der Waals surface area contributed by atoms with Crippen LogP contribution in [0.1, 0.15) is 37.4 Å². The van der Waals surface area contributed by atoms with Gasteiger partial charge in [-0.25, -0.2) is 0 Å². The molecule has 1 heterocycles. The van der Waals surface area contributed by atoms with Crippen molar-refractivity contribution in [3.05, 3.63) is 35.4 Å². The number of carbonyl (C=O) groups excluding carboxylic acids is 1. The Bertz CT molecular complexity index is 459. The van der Waals surface area contributed by atoms with E-state index < -0.39 is 0 Å². The van der Waals surface area contributed by atoms with Gasteiger partial charge in [-0.1, -0.05) is 24.3 Å². The number of benzene rings is 1. The van der Waals surface area contributed by atoms with Gasteiger partial charge in [0.2, 0.25) is 5.91 Å². The highest BCUT2D eigenvalue weighted by Gasteiger charge is 2.40. The first kappa shape index (κ1) is 14.0. The summed E-state index contributed by atoms with van der Waals surface area (Å²) >= 11 is 0. The molecule has 0 spiro atoms. The Morgan fingerprint density at radius 1 is 1.42 bits per heavy atom. The molecule has 0 aromatic heterocycles. The second kappa shape index (κ2) is 5.72. The van der Waals surface area contributed by atoms with E-state index in [-0.39, 0.29) is 24.0 Å². The number of rotatable bonds is 4. The van der Waals surface area contributed by atoms with Crippen LogP contribution in [-0.4, -0.2) is 30.0 Å². The number of nitrogens with zero attached hydrogens (tertiary/aromatic N) is 1. The molecule has 1 amide bonds. The molecule has 1 fully saturated rings. The number of hydrogen-bond donors (Lipinski definition) is 1. The molecule has 0 radical (unpaired) electrons. The molecule has 1 saturated heterocycles. The van der Waals surface area contributed by atoms with Gasteiger partial charge in [-0.2, -0.15) is 0 Å². The molecular weight excluding hydrogens is 240 g/mol. The van der Waals surface area contributed by atoms with Crippen molar-refractivity contribution < 1.29 is 9.53 Å². The largest absolute Gasteiger partial charge is 0.380 e.